The van der Waals surface area contributed by atoms with Crippen molar-refractivity contribution in [2.75, 3.05) is 5.32 Å². The van der Waals surface area contributed by atoms with Gasteiger partial charge >= 0.3 is 6.18 Å². The second-order valence-corrected chi connectivity index (χ2v) is 3.42. The number of halogens is 3. The van der Waals surface area contributed by atoms with Gasteiger partial charge in [0.15, 0.2) is 0 Å². The van der Waals surface area contributed by atoms with Crippen molar-refractivity contribution in [3.63, 3.8) is 0 Å². The quantitative estimate of drug-likeness (QED) is 0.900. The van der Waals surface area contributed by atoms with Gasteiger partial charge in [-0.2, -0.15) is 13.2 Å². The molecule has 2 heterocycles. The van der Waals surface area contributed by atoms with Crippen LogP contribution in [0.15, 0.2) is 41.1 Å². The van der Waals surface area contributed by atoms with Crippen molar-refractivity contribution < 1.29 is 22.6 Å². The molecule has 0 saturated carbocycles. The zero-order valence-corrected chi connectivity index (χ0v) is 8.71. The molecule has 0 atom stereocenters. The molecule has 0 fully saturated rings. The molecule has 0 aromatic carbocycles. The van der Waals surface area contributed by atoms with Gasteiger partial charge in [-0.25, -0.2) is 4.98 Å². The van der Waals surface area contributed by atoms with Gasteiger partial charge in [-0.3, -0.25) is 5.32 Å². The molecule has 2 rings (SSSR count). The van der Waals surface area contributed by atoms with Crippen molar-refractivity contribution in [2.24, 2.45) is 0 Å². The second-order valence-electron chi connectivity index (χ2n) is 3.42. The molecule has 0 bridgehead atoms. The third-order valence-electron chi connectivity index (χ3n) is 2.17. The SMILES string of the molecule is FC(F)(F)c1ccc(NCc2ccco2)[nH+]c1. The number of aromatic amines is 1. The summed E-state index contributed by atoms with van der Waals surface area (Å²) in [6.45, 7) is 0.412. The topological polar surface area (TPSA) is 39.3 Å². The van der Waals surface area contributed by atoms with E-state index in [-0.39, 0.29) is 0 Å². The minimum atomic E-state index is -4.32. The summed E-state index contributed by atoms with van der Waals surface area (Å²) < 4.78 is 41.9. The Morgan fingerprint density at radius 2 is 2.06 bits per heavy atom. The summed E-state index contributed by atoms with van der Waals surface area (Å²) in [4.78, 5) is 2.53. The second kappa shape index (κ2) is 4.48. The smallest absolute Gasteiger partial charge is 0.419 e. The molecule has 3 nitrogen and oxygen atoms in total. The summed E-state index contributed by atoms with van der Waals surface area (Å²) in [6.07, 6.45) is -1.87. The lowest BCUT2D eigenvalue weighted by atomic mass is 10.3. The molecule has 90 valence electrons. The fourth-order valence-corrected chi connectivity index (χ4v) is 1.31. The summed E-state index contributed by atoms with van der Waals surface area (Å²) in [5.74, 6) is 1.20. The fourth-order valence-electron chi connectivity index (χ4n) is 1.31. The number of anilines is 1. The van der Waals surface area contributed by atoms with Crippen LogP contribution in [0.2, 0.25) is 0 Å². The van der Waals surface area contributed by atoms with E-state index in [2.05, 4.69) is 10.3 Å². The van der Waals surface area contributed by atoms with E-state index in [1.807, 2.05) is 0 Å². The van der Waals surface area contributed by atoms with Gasteiger partial charge in [0.25, 0.3) is 5.82 Å². The molecule has 0 aliphatic carbocycles. The van der Waals surface area contributed by atoms with Crippen LogP contribution in [0.1, 0.15) is 11.3 Å². The van der Waals surface area contributed by atoms with Gasteiger partial charge < -0.3 is 4.42 Å². The van der Waals surface area contributed by atoms with E-state index in [9.17, 15) is 13.2 Å². The number of hydrogen-bond donors (Lipinski definition) is 1. The van der Waals surface area contributed by atoms with E-state index in [1.165, 1.54) is 12.3 Å². The highest BCUT2D eigenvalue weighted by atomic mass is 19.4. The predicted octanol–water partition coefficient (Wildman–Crippen LogP) is 2.72. The third-order valence-corrected chi connectivity index (χ3v) is 2.17. The predicted molar refractivity (Wildman–Crippen MR) is 54.0 cm³/mol. The Bertz CT molecular complexity index is 462. The summed E-state index contributed by atoms with van der Waals surface area (Å²) in [5.41, 5.74) is -0.707. The monoisotopic (exact) mass is 243 g/mol. The highest BCUT2D eigenvalue weighted by Gasteiger charge is 2.31. The van der Waals surface area contributed by atoms with Crippen LogP contribution in [-0.4, -0.2) is 0 Å². The van der Waals surface area contributed by atoms with Crippen molar-refractivity contribution >= 4 is 5.82 Å². The number of hydrogen-bond acceptors (Lipinski definition) is 2. The molecule has 0 aliphatic rings. The Labute approximate surface area is 95.3 Å². The minimum Gasteiger partial charge on any atom is -0.465 e. The maximum atomic E-state index is 12.3. The fraction of sp³-hybridized carbons (Fsp3) is 0.182. The van der Waals surface area contributed by atoms with Gasteiger partial charge in [0, 0.05) is 6.07 Å². The molecule has 2 aromatic rings. The van der Waals surface area contributed by atoms with Gasteiger partial charge in [0.1, 0.15) is 18.5 Å². The largest absolute Gasteiger partial charge is 0.465 e. The summed E-state index contributed by atoms with van der Waals surface area (Å²) in [5, 5.41) is 2.91. The van der Waals surface area contributed by atoms with Crippen molar-refractivity contribution in [2.45, 2.75) is 12.7 Å². The molecule has 0 unspecified atom stereocenters. The Kier molecular flexibility index (Phi) is 3.03. The molecule has 0 amide bonds. The maximum absolute atomic E-state index is 12.3. The lowest BCUT2D eigenvalue weighted by Gasteiger charge is -2.04. The molecule has 17 heavy (non-hydrogen) atoms. The summed E-state index contributed by atoms with van der Waals surface area (Å²) in [7, 11) is 0. The van der Waals surface area contributed by atoms with Gasteiger partial charge in [-0.15, -0.1) is 0 Å². The van der Waals surface area contributed by atoms with E-state index >= 15 is 0 Å². The average molecular weight is 243 g/mol. The first-order valence-electron chi connectivity index (χ1n) is 4.91. The van der Waals surface area contributed by atoms with Gasteiger partial charge in [-0.1, -0.05) is 0 Å². The van der Waals surface area contributed by atoms with Gasteiger partial charge in [0.05, 0.1) is 11.8 Å². The lowest BCUT2D eigenvalue weighted by Crippen LogP contribution is -2.16. The zero-order valence-electron chi connectivity index (χ0n) is 8.71. The number of alkyl halides is 3. The highest BCUT2D eigenvalue weighted by molar-refractivity contribution is 5.30. The molecule has 0 saturated heterocycles. The van der Waals surface area contributed by atoms with Crippen LogP contribution in [0.25, 0.3) is 0 Å². The van der Waals surface area contributed by atoms with Gasteiger partial charge in [-0.05, 0) is 18.2 Å². The van der Waals surface area contributed by atoms with Crippen molar-refractivity contribution in [3.8, 4) is 0 Å². The molecule has 2 aromatic heterocycles. The Morgan fingerprint density at radius 1 is 1.24 bits per heavy atom. The van der Waals surface area contributed by atoms with Crippen LogP contribution >= 0.6 is 0 Å². The van der Waals surface area contributed by atoms with Gasteiger partial charge in [0.2, 0.25) is 0 Å². The first-order valence-corrected chi connectivity index (χ1v) is 4.91. The molecule has 0 radical (unpaired) electrons. The Balaban J connectivity index is 1.99. The number of pyridine rings is 1. The average Bonchev–Trinajstić information content (AvgIpc) is 2.78. The van der Waals surface area contributed by atoms with E-state index in [0.717, 1.165) is 12.3 Å². The molecule has 0 aliphatic heterocycles. The first kappa shape index (κ1) is 11.5. The molecule has 2 N–H and O–H groups in total. The van der Waals surface area contributed by atoms with E-state index in [4.69, 9.17) is 4.42 Å². The van der Waals surface area contributed by atoms with Crippen LogP contribution in [0.3, 0.4) is 0 Å². The van der Waals surface area contributed by atoms with E-state index < -0.39 is 11.7 Å². The number of H-pyrrole nitrogens is 1. The molecule has 6 heteroatoms. The van der Waals surface area contributed by atoms with Crippen LogP contribution in [-0.2, 0) is 12.7 Å². The summed E-state index contributed by atoms with van der Waals surface area (Å²) >= 11 is 0. The number of nitrogens with one attached hydrogen (secondary N) is 2. The normalized spacial score (nSPS) is 11.5. The minimum absolute atomic E-state index is 0.412. The van der Waals surface area contributed by atoms with Crippen molar-refractivity contribution in [3.05, 3.63) is 48.0 Å². The Hall–Kier alpha value is -1.98. The lowest BCUT2D eigenvalue weighted by molar-refractivity contribution is -0.364. The highest BCUT2D eigenvalue weighted by Crippen LogP contribution is 2.28. The van der Waals surface area contributed by atoms with Crippen LogP contribution in [0, 0.1) is 0 Å². The maximum Gasteiger partial charge on any atom is 0.419 e. The number of aromatic nitrogens is 1. The van der Waals surface area contributed by atoms with Crippen molar-refractivity contribution in [1.82, 2.24) is 0 Å². The number of rotatable bonds is 3. The standard InChI is InChI=1S/C11H9F3N2O/c12-11(13,14)8-3-4-10(15-6-8)16-7-9-2-1-5-17-9/h1-6H,7H2,(H,15,16)/p+1. The third kappa shape index (κ3) is 2.99. The Morgan fingerprint density at radius 3 is 2.59 bits per heavy atom. The van der Waals surface area contributed by atoms with E-state index in [0.29, 0.717) is 18.1 Å². The van der Waals surface area contributed by atoms with Crippen LogP contribution < -0.4 is 10.3 Å². The van der Waals surface area contributed by atoms with E-state index in [1.54, 1.807) is 12.1 Å². The molecular weight excluding hydrogens is 233 g/mol. The molecule has 0 spiro atoms. The zero-order chi connectivity index (χ0) is 12.3. The number of furan rings is 1. The van der Waals surface area contributed by atoms with Crippen LogP contribution in [0.4, 0.5) is 19.0 Å². The van der Waals surface area contributed by atoms with Crippen LogP contribution in [0.5, 0.6) is 0 Å². The summed E-state index contributed by atoms with van der Waals surface area (Å²) in [6, 6.07) is 5.87. The first-order chi connectivity index (χ1) is 8.05. The van der Waals surface area contributed by atoms with Crippen molar-refractivity contribution in [1.29, 1.82) is 0 Å². The molecular formula is C11H10F3N2O+.